The molecule has 0 radical (unpaired) electrons. The summed E-state index contributed by atoms with van der Waals surface area (Å²) in [6.07, 6.45) is -4.65. The third-order valence-electron chi connectivity index (χ3n) is 3.22. The fourth-order valence-corrected chi connectivity index (χ4v) is 2.85. The number of rotatable bonds is 2. The number of nitrogens with one attached hydrogen (secondary N) is 1. The highest BCUT2D eigenvalue weighted by atomic mass is 32.1. The number of carbonyl (C=O) groups excluding carboxylic acids is 1. The molecule has 0 spiro atoms. The maximum atomic E-state index is 12.9. The van der Waals surface area contributed by atoms with Gasteiger partial charge < -0.3 is 5.32 Å². The molecule has 3 nitrogen and oxygen atoms in total. The lowest BCUT2D eigenvalue weighted by Gasteiger charge is -2.19. The van der Waals surface area contributed by atoms with Crippen LogP contribution in [0.25, 0.3) is 0 Å². The molecule has 1 amide bonds. The van der Waals surface area contributed by atoms with Gasteiger partial charge in [-0.1, -0.05) is 32.9 Å². The van der Waals surface area contributed by atoms with Crippen LogP contribution in [0.5, 0.6) is 0 Å². The molecule has 124 valence electrons. The fourth-order valence-electron chi connectivity index (χ4n) is 2.01. The summed E-state index contributed by atoms with van der Waals surface area (Å²) in [6, 6.07) is 7.05. The Labute approximate surface area is 136 Å². The van der Waals surface area contributed by atoms with Gasteiger partial charge in [0.1, 0.15) is 4.88 Å². The van der Waals surface area contributed by atoms with Gasteiger partial charge in [0.05, 0.1) is 5.01 Å². The number of carbonyl (C=O) groups is 1. The van der Waals surface area contributed by atoms with Crippen molar-refractivity contribution in [1.29, 1.82) is 0 Å². The number of nitrogens with zero attached hydrogens (tertiary/aromatic N) is 1. The smallest absolute Gasteiger partial charge is 0.321 e. The van der Waals surface area contributed by atoms with E-state index >= 15 is 0 Å². The van der Waals surface area contributed by atoms with Crippen LogP contribution in [-0.2, 0) is 11.6 Å². The molecule has 1 heterocycles. The first kappa shape index (κ1) is 17.5. The lowest BCUT2D eigenvalue weighted by Crippen LogP contribution is -2.17. The van der Waals surface area contributed by atoms with E-state index in [4.69, 9.17) is 0 Å². The molecule has 0 aliphatic rings. The summed E-state index contributed by atoms with van der Waals surface area (Å²) in [4.78, 5) is 15.1. The highest BCUT2D eigenvalue weighted by Gasteiger charge is 2.39. The summed E-state index contributed by atoms with van der Waals surface area (Å²) in [6.45, 7) is 7.59. The number of benzene rings is 1. The monoisotopic (exact) mass is 342 g/mol. The van der Waals surface area contributed by atoms with Gasteiger partial charge in [-0.25, -0.2) is 4.98 Å². The third kappa shape index (κ3) is 4.10. The summed E-state index contributed by atoms with van der Waals surface area (Å²) in [5, 5.41) is 2.69. The van der Waals surface area contributed by atoms with Crippen LogP contribution in [0.2, 0.25) is 0 Å². The number of aryl methyl sites for hydroxylation is 1. The molecule has 0 fully saturated rings. The van der Waals surface area contributed by atoms with E-state index in [9.17, 15) is 18.0 Å². The molecule has 23 heavy (non-hydrogen) atoms. The van der Waals surface area contributed by atoms with Gasteiger partial charge in [-0.3, -0.25) is 4.79 Å². The predicted molar refractivity (Wildman–Crippen MR) is 84.9 cm³/mol. The van der Waals surface area contributed by atoms with Crippen molar-refractivity contribution in [2.75, 3.05) is 5.32 Å². The summed E-state index contributed by atoms with van der Waals surface area (Å²) in [5.74, 6) is -0.800. The number of aromatic nitrogens is 1. The first-order valence-electron chi connectivity index (χ1n) is 6.95. The van der Waals surface area contributed by atoms with Crippen LogP contribution < -0.4 is 5.32 Å². The van der Waals surface area contributed by atoms with Gasteiger partial charge >= 0.3 is 6.18 Å². The van der Waals surface area contributed by atoms with Gasteiger partial charge in [0.2, 0.25) is 0 Å². The fraction of sp³-hybridized carbons (Fsp3) is 0.375. The number of amides is 1. The van der Waals surface area contributed by atoms with Crippen molar-refractivity contribution in [3.63, 3.8) is 0 Å². The van der Waals surface area contributed by atoms with Crippen LogP contribution >= 0.6 is 11.3 Å². The first-order valence-corrected chi connectivity index (χ1v) is 7.76. The predicted octanol–water partition coefficient (Wildman–Crippen LogP) is 5.02. The van der Waals surface area contributed by atoms with E-state index in [0.29, 0.717) is 5.69 Å². The number of halogens is 3. The normalized spacial score (nSPS) is 12.3. The van der Waals surface area contributed by atoms with Gasteiger partial charge in [0.15, 0.2) is 5.69 Å². The van der Waals surface area contributed by atoms with Crippen LogP contribution in [0.15, 0.2) is 24.3 Å². The van der Waals surface area contributed by atoms with E-state index < -0.39 is 22.7 Å². The molecule has 0 aliphatic heterocycles. The van der Waals surface area contributed by atoms with Crippen molar-refractivity contribution >= 4 is 22.9 Å². The molecule has 1 aromatic carbocycles. The number of hydrogen-bond acceptors (Lipinski definition) is 3. The van der Waals surface area contributed by atoms with Crippen LogP contribution in [0.4, 0.5) is 18.9 Å². The van der Waals surface area contributed by atoms with Crippen LogP contribution in [0.1, 0.15) is 46.7 Å². The number of thiazole rings is 1. The average Bonchev–Trinajstić information content (AvgIpc) is 2.80. The maximum Gasteiger partial charge on any atom is 0.435 e. The van der Waals surface area contributed by atoms with E-state index in [2.05, 4.69) is 31.1 Å². The van der Waals surface area contributed by atoms with Gasteiger partial charge in [0, 0.05) is 5.69 Å². The van der Waals surface area contributed by atoms with Gasteiger partial charge in [-0.05, 0) is 30.0 Å². The van der Waals surface area contributed by atoms with Crippen LogP contribution in [-0.4, -0.2) is 10.9 Å². The van der Waals surface area contributed by atoms with Crippen LogP contribution in [0, 0.1) is 6.92 Å². The third-order valence-corrected chi connectivity index (χ3v) is 4.19. The zero-order valence-electron chi connectivity index (χ0n) is 13.2. The minimum Gasteiger partial charge on any atom is -0.321 e. The number of anilines is 1. The molecule has 0 saturated heterocycles. The molecule has 1 N–H and O–H groups in total. The molecule has 0 unspecified atom stereocenters. The molecular weight excluding hydrogens is 325 g/mol. The summed E-state index contributed by atoms with van der Waals surface area (Å²) in [7, 11) is 0. The molecule has 0 saturated carbocycles. The second-order valence-electron chi connectivity index (χ2n) is 6.19. The van der Waals surface area contributed by atoms with Gasteiger partial charge in [-0.15, -0.1) is 11.3 Å². The standard InChI is InChI=1S/C16H17F3N2OS/c1-9-20-13(16(17,18)19)12(23-9)14(22)21-11-7-5-10(6-8-11)15(2,3)4/h5-8H,1-4H3,(H,21,22). The molecular formula is C16H17F3N2OS. The SMILES string of the molecule is Cc1nc(C(F)(F)F)c(C(=O)Nc2ccc(C(C)(C)C)cc2)s1. The van der Waals surface area contributed by atoms with E-state index in [1.54, 1.807) is 12.1 Å². The Morgan fingerprint density at radius 2 is 1.70 bits per heavy atom. The Hall–Kier alpha value is -1.89. The Balaban J connectivity index is 2.23. The van der Waals surface area contributed by atoms with Crippen molar-refractivity contribution in [2.24, 2.45) is 0 Å². The highest BCUT2D eigenvalue weighted by molar-refractivity contribution is 7.13. The van der Waals surface area contributed by atoms with Crippen molar-refractivity contribution in [3.05, 3.63) is 45.4 Å². The Kier molecular flexibility index (Phi) is 4.52. The number of alkyl halides is 3. The zero-order valence-corrected chi connectivity index (χ0v) is 14.0. The summed E-state index contributed by atoms with van der Waals surface area (Å²) in [5.41, 5.74) is 0.340. The van der Waals surface area contributed by atoms with Gasteiger partial charge in [0.25, 0.3) is 5.91 Å². The molecule has 0 atom stereocenters. The van der Waals surface area contributed by atoms with Crippen molar-refractivity contribution in [2.45, 2.75) is 39.3 Å². The van der Waals surface area contributed by atoms with E-state index in [0.717, 1.165) is 16.9 Å². The Morgan fingerprint density at radius 3 is 2.17 bits per heavy atom. The number of hydrogen-bond donors (Lipinski definition) is 1. The second kappa shape index (κ2) is 5.96. The molecule has 2 aromatic rings. The molecule has 2 rings (SSSR count). The highest BCUT2D eigenvalue weighted by Crippen LogP contribution is 2.34. The van der Waals surface area contributed by atoms with Crippen molar-refractivity contribution < 1.29 is 18.0 Å². The lowest BCUT2D eigenvalue weighted by molar-refractivity contribution is -0.141. The summed E-state index contributed by atoms with van der Waals surface area (Å²) < 4.78 is 38.7. The quantitative estimate of drug-likeness (QED) is 0.832. The van der Waals surface area contributed by atoms with E-state index in [1.807, 2.05) is 12.1 Å². The largest absolute Gasteiger partial charge is 0.435 e. The maximum absolute atomic E-state index is 12.9. The lowest BCUT2D eigenvalue weighted by atomic mass is 9.87. The van der Waals surface area contributed by atoms with Crippen molar-refractivity contribution in [1.82, 2.24) is 4.98 Å². The minimum atomic E-state index is -4.65. The molecule has 0 bridgehead atoms. The Morgan fingerprint density at radius 1 is 1.13 bits per heavy atom. The molecule has 1 aromatic heterocycles. The van der Waals surface area contributed by atoms with Gasteiger partial charge in [-0.2, -0.15) is 13.2 Å². The summed E-state index contributed by atoms with van der Waals surface area (Å²) >= 11 is 0.733. The van der Waals surface area contributed by atoms with E-state index in [1.165, 1.54) is 6.92 Å². The van der Waals surface area contributed by atoms with Crippen molar-refractivity contribution in [3.8, 4) is 0 Å². The Bertz CT molecular complexity index is 712. The molecule has 7 heteroatoms. The second-order valence-corrected chi connectivity index (χ2v) is 7.39. The minimum absolute atomic E-state index is 0.0409. The first-order chi connectivity index (χ1) is 10.5. The topological polar surface area (TPSA) is 42.0 Å². The zero-order chi connectivity index (χ0) is 17.4. The molecule has 0 aliphatic carbocycles. The average molecular weight is 342 g/mol. The van der Waals surface area contributed by atoms with Crippen LogP contribution in [0.3, 0.4) is 0 Å². The van der Waals surface area contributed by atoms with E-state index in [-0.39, 0.29) is 10.4 Å².